The van der Waals surface area contributed by atoms with Crippen LogP contribution in [0.25, 0.3) is 0 Å². The standard InChI is InChI=1S/C25H33N5O2/c1-29(21-10-3-2-4-11-21)25(32)22-18-27-28-24(22)19-13-16-30(17-14-19)23(31)12-7-9-20-8-5-6-15-26-20/h2-6,8,10-11,15,19,22,24,27-28H,7,9,12-14,16-18H2,1H3. The van der Waals surface area contributed by atoms with Crippen LogP contribution in [-0.4, -0.2) is 54.4 Å². The van der Waals surface area contributed by atoms with Gasteiger partial charge in [-0.25, -0.2) is 0 Å². The van der Waals surface area contributed by atoms with E-state index in [0.717, 1.165) is 50.2 Å². The number of hydrogen-bond acceptors (Lipinski definition) is 5. The van der Waals surface area contributed by atoms with Crippen LogP contribution in [0, 0.1) is 11.8 Å². The van der Waals surface area contributed by atoms with E-state index in [-0.39, 0.29) is 23.8 Å². The molecule has 1 aromatic carbocycles. The highest BCUT2D eigenvalue weighted by Gasteiger charge is 2.40. The molecule has 7 heteroatoms. The van der Waals surface area contributed by atoms with Crippen molar-refractivity contribution in [2.24, 2.45) is 11.8 Å². The fourth-order valence-electron chi connectivity index (χ4n) is 4.86. The van der Waals surface area contributed by atoms with Gasteiger partial charge in [-0.1, -0.05) is 24.3 Å². The summed E-state index contributed by atoms with van der Waals surface area (Å²) in [5.74, 6) is 0.631. The first-order chi connectivity index (χ1) is 15.6. The maximum atomic E-state index is 13.2. The summed E-state index contributed by atoms with van der Waals surface area (Å²) in [6.07, 6.45) is 5.86. The Bertz CT molecular complexity index is 884. The number of anilines is 1. The van der Waals surface area contributed by atoms with E-state index >= 15 is 0 Å². The fourth-order valence-corrected chi connectivity index (χ4v) is 4.86. The number of nitrogens with zero attached hydrogens (tertiary/aromatic N) is 3. The number of carbonyl (C=O) groups is 2. The molecule has 2 fully saturated rings. The average Bonchev–Trinajstić information content (AvgIpc) is 3.34. The number of hydrogen-bond donors (Lipinski definition) is 2. The number of pyridine rings is 1. The molecule has 2 saturated heterocycles. The molecule has 0 saturated carbocycles. The Morgan fingerprint density at radius 1 is 1.09 bits per heavy atom. The lowest BCUT2D eigenvalue weighted by atomic mass is 9.82. The fraction of sp³-hybridized carbons (Fsp3) is 0.480. The molecule has 2 aliphatic heterocycles. The van der Waals surface area contributed by atoms with Crippen molar-refractivity contribution in [3.63, 3.8) is 0 Å². The monoisotopic (exact) mass is 435 g/mol. The molecule has 32 heavy (non-hydrogen) atoms. The van der Waals surface area contributed by atoms with Crippen LogP contribution in [0.5, 0.6) is 0 Å². The molecule has 2 atom stereocenters. The topological polar surface area (TPSA) is 77.6 Å². The van der Waals surface area contributed by atoms with Gasteiger partial charge in [-0.15, -0.1) is 0 Å². The number of nitrogens with one attached hydrogen (secondary N) is 2. The summed E-state index contributed by atoms with van der Waals surface area (Å²) in [4.78, 5) is 33.9. The van der Waals surface area contributed by atoms with Gasteiger partial charge >= 0.3 is 0 Å². The maximum absolute atomic E-state index is 13.2. The first-order valence-electron chi connectivity index (χ1n) is 11.6. The van der Waals surface area contributed by atoms with E-state index < -0.39 is 0 Å². The number of benzene rings is 1. The van der Waals surface area contributed by atoms with Gasteiger partial charge in [0.25, 0.3) is 0 Å². The van der Waals surface area contributed by atoms with Gasteiger partial charge in [-0.3, -0.25) is 25.4 Å². The minimum Gasteiger partial charge on any atom is -0.343 e. The number of amides is 2. The molecule has 1 aromatic heterocycles. The maximum Gasteiger partial charge on any atom is 0.232 e. The number of likely N-dealkylation sites (tertiary alicyclic amines) is 1. The smallest absolute Gasteiger partial charge is 0.232 e. The molecule has 2 N–H and O–H groups in total. The van der Waals surface area contributed by atoms with Gasteiger partial charge in [-0.2, -0.15) is 0 Å². The van der Waals surface area contributed by atoms with Crippen LogP contribution in [-0.2, 0) is 16.0 Å². The van der Waals surface area contributed by atoms with Gasteiger partial charge in [0.1, 0.15) is 0 Å². The summed E-state index contributed by atoms with van der Waals surface area (Å²) in [6, 6.07) is 15.8. The minimum absolute atomic E-state index is 0.0927. The molecule has 2 aromatic rings. The number of hydrazine groups is 1. The van der Waals surface area contributed by atoms with Gasteiger partial charge in [0.15, 0.2) is 0 Å². The van der Waals surface area contributed by atoms with E-state index in [9.17, 15) is 9.59 Å². The zero-order valence-corrected chi connectivity index (χ0v) is 18.7. The van der Waals surface area contributed by atoms with Crippen molar-refractivity contribution in [1.29, 1.82) is 0 Å². The van der Waals surface area contributed by atoms with Crippen molar-refractivity contribution in [2.45, 2.75) is 38.1 Å². The third-order valence-electron chi connectivity index (χ3n) is 6.77. The molecule has 0 radical (unpaired) electrons. The molecule has 2 unspecified atom stereocenters. The van der Waals surface area contributed by atoms with Gasteiger partial charge in [0.2, 0.25) is 11.8 Å². The van der Waals surface area contributed by atoms with Gasteiger partial charge < -0.3 is 9.80 Å². The molecule has 170 valence electrons. The predicted molar refractivity (Wildman–Crippen MR) is 125 cm³/mol. The normalized spacial score (nSPS) is 21.5. The summed E-state index contributed by atoms with van der Waals surface area (Å²) < 4.78 is 0. The van der Waals surface area contributed by atoms with Crippen LogP contribution in [0.1, 0.15) is 31.4 Å². The second-order valence-electron chi connectivity index (χ2n) is 8.78. The highest BCUT2D eigenvalue weighted by atomic mass is 16.2. The molecule has 4 rings (SSSR count). The number of carbonyl (C=O) groups excluding carboxylic acids is 2. The highest BCUT2D eigenvalue weighted by Crippen LogP contribution is 2.29. The number of aryl methyl sites for hydroxylation is 1. The molecule has 2 aliphatic rings. The van der Waals surface area contributed by atoms with E-state index in [2.05, 4.69) is 15.8 Å². The van der Waals surface area contributed by atoms with E-state index in [0.29, 0.717) is 18.9 Å². The first kappa shape index (κ1) is 22.4. The highest BCUT2D eigenvalue weighted by molar-refractivity contribution is 5.95. The van der Waals surface area contributed by atoms with Crippen LogP contribution in [0.4, 0.5) is 5.69 Å². The summed E-state index contributed by atoms with van der Waals surface area (Å²) in [6.45, 7) is 2.16. The van der Waals surface area contributed by atoms with Crippen molar-refractivity contribution >= 4 is 17.5 Å². The largest absolute Gasteiger partial charge is 0.343 e. The molecular formula is C25H33N5O2. The van der Waals surface area contributed by atoms with Crippen molar-refractivity contribution in [1.82, 2.24) is 20.7 Å². The van der Waals surface area contributed by atoms with E-state index in [1.165, 1.54) is 0 Å². The van der Waals surface area contributed by atoms with Gasteiger partial charge in [0.05, 0.1) is 5.92 Å². The van der Waals surface area contributed by atoms with E-state index in [4.69, 9.17) is 0 Å². The Balaban J connectivity index is 1.26. The van der Waals surface area contributed by atoms with Crippen molar-refractivity contribution in [3.8, 4) is 0 Å². The SMILES string of the molecule is CN(C(=O)C1CNNC1C1CCN(C(=O)CCCc2ccccn2)CC1)c1ccccc1. The predicted octanol–water partition coefficient (Wildman–Crippen LogP) is 2.40. The molecular weight excluding hydrogens is 402 g/mol. The molecule has 0 spiro atoms. The summed E-state index contributed by atoms with van der Waals surface area (Å²) in [5, 5.41) is 0. The molecule has 7 nitrogen and oxygen atoms in total. The molecule has 0 bridgehead atoms. The lowest BCUT2D eigenvalue weighted by molar-refractivity contribution is -0.133. The quantitative estimate of drug-likeness (QED) is 0.698. The number of aromatic nitrogens is 1. The third-order valence-corrected chi connectivity index (χ3v) is 6.77. The zero-order chi connectivity index (χ0) is 22.3. The minimum atomic E-state index is -0.106. The van der Waals surface area contributed by atoms with E-state index in [1.807, 2.05) is 60.5 Å². The molecule has 0 aliphatic carbocycles. The van der Waals surface area contributed by atoms with Crippen LogP contribution < -0.4 is 15.8 Å². The second kappa shape index (κ2) is 10.7. The third kappa shape index (κ3) is 5.34. The van der Waals surface area contributed by atoms with Crippen LogP contribution in [0.15, 0.2) is 54.7 Å². The molecule has 3 heterocycles. The number of piperidine rings is 1. The Labute approximate surface area is 190 Å². The lowest BCUT2D eigenvalue weighted by Crippen LogP contribution is -2.49. The number of para-hydroxylation sites is 1. The Morgan fingerprint density at radius 3 is 2.56 bits per heavy atom. The van der Waals surface area contributed by atoms with Gasteiger partial charge in [-0.05, 0) is 55.9 Å². The Kier molecular flexibility index (Phi) is 7.50. The van der Waals surface area contributed by atoms with Gasteiger partial charge in [0, 0.05) is 56.7 Å². The summed E-state index contributed by atoms with van der Waals surface area (Å²) in [5.41, 5.74) is 8.50. The Hall–Kier alpha value is -2.77. The van der Waals surface area contributed by atoms with Crippen LogP contribution in [0.2, 0.25) is 0 Å². The van der Waals surface area contributed by atoms with E-state index in [1.54, 1.807) is 11.1 Å². The summed E-state index contributed by atoms with van der Waals surface area (Å²) >= 11 is 0. The van der Waals surface area contributed by atoms with Crippen molar-refractivity contribution in [2.75, 3.05) is 31.6 Å². The Morgan fingerprint density at radius 2 is 1.84 bits per heavy atom. The average molecular weight is 436 g/mol. The zero-order valence-electron chi connectivity index (χ0n) is 18.7. The number of rotatable bonds is 7. The van der Waals surface area contributed by atoms with Crippen molar-refractivity contribution < 1.29 is 9.59 Å². The van der Waals surface area contributed by atoms with Crippen LogP contribution in [0.3, 0.4) is 0 Å². The summed E-state index contributed by atoms with van der Waals surface area (Å²) in [7, 11) is 1.85. The molecule has 2 amide bonds. The van der Waals surface area contributed by atoms with Crippen molar-refractivity contribution in [3.05, 3.63) is 60.4 Å². The second-order valence-corrected chi connectivity index (χ2v) is 8.78. The first-order valence-corrected chi connectivity index (χ1v) is 11.6. The lowest BCUT2D eigenvalue weighted by Gasteiger charge is -2.36. The van der Waals surface area contributed by atoms with Crippen LogP contribution >= 0.6 is 0 Å².